The number of hydrogen-bond donors (Lipinski definition) is 0. The number of hydrogen-bond acceptors (Lipinski definition) is 2. The van der Waals surface area contributed by atoms with Crippen molar-refractivity contribution < 1.29 is 4.39 Å². The molecule has 1 aromatic carbocycles. The second-order valence-corrected chi connectivity index (χ2v) is 5.98. The Labute approximate surface area is 122 Å². The number of benzene rings is 1. The number of nitrogens with zero attached hydrogens (tertiary/aromatic N) is 2. The van der Waals surface area contributed by atoms with Gasteiger partial charge in [-0.15, -0.1) is 0 Å². The van der Waals surface area contributed by atoms with E-state index in [9.17, 15) is 9.18 Å². The van der Waals surface area contributed by atoms with Gasteiger partial charge in [0.15, 0.2) is 0 Å². The topological polar surface area (TPSA) is 25.2 Å². The Morgan fingerprint density at radius 1 is 1.14 bits per heavy atom. The molecule has 21 heavy (non-hydrogen) atoms. The molecule has 3 nitrogen and oxygen atoms in total. The van der Waals surface area contributed by atoms with Crippen molar-refractivity contribution in [2.75, 3.05) is 18.0 Å². The predicted octanol–water partition coefficient (Wildman–Crippen LogP) is 2.88. The Morgan fingerprint density at radius 2 is 2.05 bits per heavy atom. The van der Waals surface area contributed by atoms with Crippen LogP contribution in [0.3, 0.4) is 0 Å². The lowest BCUT2D eigenvalue weighted by Gasteiger charge is -2.42. The maximum atomic E-state index is 13.5. The highest BCUT2D eigenvalue weighted by molar-refractivity contribution is 5.76. The lowest BCUT2D eigenvalue weighted by molar-refractivity contribution is 0.329. The Bertz CT molecular complexity index is 753. The molecule has 1 atom stereocenters. The normalized spacial score (nSPS) is 20.2. The van der Waals surface area contributed by atoms with Gasteiger partial charge in [0.1, 0.15) is 11.6 Å². The molecular formula is C17H17FN2O. The third-order valence-corrected chi connectivity index (χ3v) is 4.55. The van der Waals surface area contributed by atoms with E-state index >= 15 is 0 Å². The molecule has 0 spiro atoms. The van der Waals surface area contributed by atoms with Gasteiger partial charge in [0.25, 0.3) is 5.56 Å². The van der Waals surface area contributed by atoms with Gasteiger partial charge in [-0.05, 0) is 42.5 Å². The van der Waals surface area contributed by atoms with E-state index in [1.54, 1.807) is 12.1 Å². The van der Waals surface area contributed by atoms with E-state index < -0.39 is 0 Å². The van der Waals surface area contributed by atoms with Gasteiger partial charge in [-0.3, -0.25) is 9.36 Å². The molecule has 108 valence electrons. The number of halogens is 1. The number of rotatable bonds is 1. The molecule has 2 aliphatic heterocycles. The zero-order valence-corrected chi connectivity index (χ0v) is 11.8. The van der Waals surface area contributed by atoms with Crippen molar-refractivity contribution in [2.45, 2.75) is 19.4 Å². The van der Waals surface area contributed by atoms with Crippen LogP contribution in [0.1, 0.15) is 12.8 Å². The van der Waals surface area contributed by atoms with Crippen LogP contribution in [0.2, 0.25) is 0 Å². The van der Waals surface area contributed by atoms with E-state index in [1.807, 2.05) is 16.7 Å². The van der Waals surface area contributed by atoms with Gasteiger partial charge in [-0.2, -0.15) is 0 Å². The molecule has 1 unspecified atom stereocenters. The van der Waals surface area contributed by atoms with E-state index in [0.717, 1.165) is 43.0 Å². The van der Waals surface area contributed by atoms with E-state index in [0.29, 0.717) is 5.92 Å². The number of anilines is 1. The first-order chi connectivity index (χ1) is 10.2. The van der Waals surface area contributed by atoms with Crippen LogP contribution < -0.4 is 10.5 Å². The second kappa shape index (κ2) is 4.72. The second-order valence-electron chi connectivity index (χ2n) is 5.98. The van der Waals surface area contributed by atoms with Gasteiger partial charge >= 0.3 is 0 Å². The molecule has 0 amide bonds. The van der Waals surface area contributed by atoms with Crippen molar-refractivity contribution in [3.8, 4) is 11.1 Å². The summed E-state index contributed by atoms with van der Waals surface area (Å²) < 4.78 is 15.4. The summed E-state index contributed by atoms with van der Waals surface area (Å²) in [4.78, 5) is 14.5. The lowest BCUT2D eigenvalue weighted by Crippen LogP contribution is -2.46. The third kappa shape index (κ3) is 2.06. The van der Waals surface area contributed by atoms with Crippen LogP contribution in [0.5, 0.6) is 0 Å². The minimum atomic E-state index is -0.246. The Kier molecular flexibility index (Phi) is 2.84. The monoisotopic (exact) mass is 284 g/mol. The largest absolute Gasteiger partial charge is 0.357 e. The van der Waals surface area contributed by atoms with E-state index in [-0.39, 0.29) is 11.4 Å². The summed E-state index contributed by atoms with van der Waals surface area (Å²) in [6.45, 7) is 2.77. The van der Waals surface area contributed by atoms with E-state index in [2.05, 4.69) is 4.90 Å². The van der Waals surface area contributed by atoms with Crippen LogP contribution in [-0.4, -0.2) is 17.7 Å². The average molecular weight is 284 g/mol. The molecule has 0 aliphatic carbocycles. The Balaban J connectivity index is 1.94. The molecule has 1 fully saturated rings. The number of fused-ring (bicyclic) bond motifs is 4. The van der Waals surface area contributed by atoms with E-state index in [1.165, 1.54) is 18.6 Å². The fourth-order valence-corrected chi connectivity index (χ4v) is 3.63. The quantitative estimate of drug-likeness (QED) is 0.804. The molecule has 0 N–H and O–H groups in total. The van der Waals surface area contributed by atoms with Gasteiger partial charge in [-0.25, -0.2) is 4.39 Å². The van der Waals surface area contributed by atoms with Gasteiger partial charge in [0.2, 0.25) is 0 Å². The highest BCUT2D eigenvalue weighted by Crippen LogP contribution is 2.36. The summed E-state index contributed by atoms with van der Waals surface area (Å²) in [5, 5.41) is 0. The van der Waals surface area contributed by atoms with Crippen LogP contribution in [0.4, 0.5) is 10.2 Å². The minimum absolute atomic E-state index is 0.0433. The van der Waals surface area contributed by atoms with Crippen LogP contribution in [0.25, 0.3) is 11.1 Å². The summed E-state index contributed by atoms with van der Waals surface area (Å²) >= 11 is 0. The van der Waals surface area contributed by atoms with Crippen LogP contribution in [-0.2, 0) is 6.54 Å². The fraction of sp³-hybridized carbons (Fsp3) is 0.353. The molecule has 4 rings (SSSR count). The summed E-state index contributed by atoms with van der Waals surface area (Å²) in [6, 6.07) is 10.0. The van der Waals surface area contributed by atoms with Gasteiger partial charge < -0.3 is 4.90 Å². The molecule has 2 aliphatic rings. The third-order valence-electron chi connectivity index (χ3n) is 4.55. The van der Waals surface area contributed by atoms with Gasteiger partial charge in [-0.1, -0.05) is 12.1 Å². The van der Waals surface area contributed by atoms with Crippen molar-refractivity contribution >= 4 is 5.82 Å². The maximum absolute atomic E-state index is 13.5. The fourth-order valence-electron chi connectivity index (χ4n) is 3.63. The Hall–Kier alpha value is -2.10. The Morgan fingerprint density at radius 3 is 2.90 bits per heavy atom. The lowest BCUT2D eigenvalue weighted by atomic mass is 9.93. The van der Waals surface area contributed by atoms with Gasteiger partial charge in [0.05, 0.1) is 0 Å². The highest BCUT2D eigenvalue weighted by Gasteiger charge is 2.30. The summed E-state index contributed by atoms with van der Waals surface area (Å²) in [7, 11) is 0. The average Bonchev–Trinajstić information content (AvgIpc) is 2.49. The molecule has 4 heteroatoms. The molecule has 3 heterocycles. The van der Waals surface area contributed by atoms with Crippen LogP contribution >= 0.6 is 0 Å². The van der Waals surface area contributed by atoms with Crippen LogP contribution in [0.15, 0.2) is 41.2 Å². The predicted molar refractivity (Wildman–Crippen MR) is 81.0 cm³/mol. The number of pyridine rings is 1. The molecule has 1 aromatic heterocycles. The molecular weight excluding hydrogens is 267 g/mol. The van der Waals surface area contributed by atoms with E-state index in [4.69, 9.17) is 0 Å². The van der Waals surface area contributed by atoms with Crippen molar-refractivity contribution in [1.82, 2.24) is 4.57 Å². The molecule has 0 saturated carbocycles. The SMILES string of the molecule is O=c1ccc(-c2cccc(F)c2)c2n1CC1CCCN2C1. The van der Waals surface area contributed by atoms with Crippen LogP contribution in [0, 0.1) is 11.7 Å². The smallest absolute Gasteiger partial charge is 0.252 e. The van der Waals surface area contributed by atoms with Crippen molar-refractivity contribution in [3.05, 3.63) is 52.6 Å². The minimum Gasteiger partial charge on any atom is -0.357 e. The molecule has 2 bridgehead atoms. The molecule has 2 aromatic rings. The standard InChI is InChI=1S/C17H17FN2O/c18-14-5-1-4-13(9-14)15-6-7-16(21)20-11-12-3-2-8-19(10-12)17(15)20/h1,4-7,9,12H,2-3,8,10-11H2. The maximum Gasteiger partial charge on any atom is 0.252 e. The molecule has 1 saturated heterocycles. The number of aromatic nitrogens is 1. The summed E-state index contributed by atoms with van der Waals surface area (Å²) in [5.74, 6) is 1.28. The summed E-state index contributed by atoms with van der Waals surface area (Å²) in [6.07, 6.45) is 2.35. The van der Waals surface area contributed by atoms with Crippen molar-refractivity contribution in [3.63, 3.8) is 0 Å². The zero-order valence-electron chi connectivity index (χ0n) is 11.8. The first-order valence-corrected chi connectivity index (χ1v) is 7.47. The molecule has 0 radical (unpaired) electrons. The number of piperidine rings is 1. The van der Waals surface area contributed by atoms with Gasteiger partial charge in [0, 0.05) is 31.3 Å². The van der Waals surface area contributed by atoms with Crippen molar-refractivity contribution in [2.24, 2.45) is 5.92 Å². The van der Waals surface area contributed by atoms with Crippen molar-refractivity contribution in [1.29, 1.82) is 0 Å². The zero-order chi connectivity index (χ0) is 14.4. The first-order valence-electron chi connectivity index (χ1n) is 7.47. The highest BCUT2D eigenvalue weighted by atomic mass is 19.1. The summed E-state index contributed by atoms with van der Waals surface area (Å²) in [5.41, 5.74) is 1.83. The first kappa shape index (κ1) is 12.6.